The second kappa shape index (κ2) is 7.15. The molecule has 1 aliphatic heterocycles. The number of nitro groups is 1. The molecule has 7 nitrogen and oxygen atoms in total. The Labute approximate surface area is 168 Å². The number of amides is 1. The third-order valence-electron chi connectivity index (χ3n) is 6.47. The molecule has 29 heavy (non-hydrogen) atoms. The maximum Gasteiger partial charge on any atom is 0.293 e. The van der Waals surface area contributed by atoms with Crippen molar-refractivity contribution in [1.29, 1.82) is 0 Å². The largest absolute Gasteiger partial charge is 0.379 e. The van der Waals surface area contributed by atoms with Crippen molar-refractivity contribution < 1.29 is 14.5 Å². The molecular weight excluding hydrogens is 370 g/mol. The number of carbonyl (C=O) groups is 1. The van der Waals surface area contributed by atoms with Gasteiger partial charge in [0, 0.05) is 31.3 Å². The van der Waals surface area contributed by atoms with Crippen molar-refractivity contribution in [2.45, 2.75) is 12.3 Å². The van der Waals surface area contributed by atoms with E-state index in [0.29, 0.717) is 61.9 Å². The first-order chi connectivity index (χ1) is 14.1. The summed E-state index contributed by atoms with van der Waals surface area (Å²) in [4.78, 5) is 25.5. The number of nitro benzene ring substituents is 1. The molecule has 7 heteroatoms. The fraction of sp³-hybridized carbons (Fsp3) is 0.409. The fourth-order valence-corrected chi connectivity index (χ4v) is 4.90. The molecule has 0 bridgehead atoms. The van der Waals surface area contributed by atoms with Crippen molar-refractivity contribution in [2.75, 3.05) is 38.2 Å². The first-order valence-corrected chi connectivity index (χ1v) is 10.1. The van der Waals surface area contributed by atoms with Gasteiger partial charge in [0.15, 0.2) is 0 Å². The molecule has 2 aromatic rings. The Hall–Kier alpha value is -2.93. The van der Waals surface area contributed by atoms with E-state index in [4.69, 9.17) is 4.74 Å². The second-order valence-corrected chi connectivity index (χ2v) is 8.03. The third-order valence-corrected chi connectivity index (χ3v) is 6.47. The summed E-state index contributed by atoms with van der Waals surface area (Å²) in [6.07, 6.45) is 1.10. The first kappa shape index (κ1) is 18.1. The zero-order chi connectivity index (χ0) is 20.0. The van der Waals surface area contributed by atoms with Crippen LogP contribution in [-0.4, -0.2) is 48.6 Å². The summed E-state index contributed by atoms with van der Waals surface area (Å²) in [5.41, 5.74) is 3.66. The molecule has 3 unspecified atom stereocenters. The molecule has 2 fully saturated rings. The van der Waals surface area contributed by atoms with Crippen molar-refractivity contribution in [3.05, 3.63) is 69.3 Å². The van der Waals surface area contributed by atoms with Gasteiger partial charge in [-0.05, 0) is 47.4 Å². The number of hydrogen-bond donors (Lipinski definition) is 1. The van der Waals surface area contributed by atoms with Crippen molar-refractivity contribution in [3.8, 4) is 0 Å². The molecule has 1 N–H and O–H groups in total. The minimum absolute atomic E-state index is 0.0460. The average molecular weight is 393 g/mol. The maximum absolute atomic E-state index is 12.6. The van der Waals surface area contributed by atoms with Gasteiger partial charge in [-0.25, -0.2) is 0 Å². The van der Waals surface area contributed by atoms with Crippen molar-refractivity contribution in [1.82, 2.24) is 4.90 Å². The van der Waals surface area contributed by atoms with Crippen LogP contribution in [0, 0.1) is 22.0 Å². The van der Waals surface area contributed by atoms with Crippen LogP contribution < -0.4 is 5.32 Å². The molecule has 1 saturated carbocycles. The van der Waals surface area contributed by atoms with Crippen LogP contribution in [0.4, 0.5) is 11.4 Å². The Bertz CT molecular complexity index is 970. The molecule has 3 atom stereocenters. The molecule has 1 saturated heterocycles. The molecule has 0 aromatic heterocycles. The summed E-state index contributed by atoms with van der Waals surface area (Å²) in [6.45, 7) is 2.74. The van der Waals surface area contributed by atoms with E-state index in [9.17, 15) is 14.9 Å². The number of nitrogens with one attached hydrogen (secondary N) is 1. The van der Waals surface area contributed by atoms with E-state index in [1.54, 1.807) is 17.0 Å². The lowest BCUT2D eigenvalue weighted by Gasteiger charge is -2.26. The van der Waals surface area contributed by atoms with Gasteiger partial charge in [0.25, 0.3) is 11.6 Å². The molecule has 5 rings (SSSR count). The number of fused-ring (bicyclic) bond motifs is 3. The minimum atomic E-state index is -0.415. The van der Waals surface area contributed by atoms with E-state index >= 15 is 0 Å². The highest BCUT2D eigenvalue weighted by atomic mass is 16.6. The number of carbonyl (C=O) groups excluding carboxylic acids is 1. The van der Waals surface area contributed by atoms with Crippen LogP contribution in [0.15, 0.2) is 42.5 Å². The zero-order valence-corrected chi connectivity index (χ0v) is 16.0. The van der Waals surface area contributed by atoms with Gasteiger partial charge in [0.05, 0.1) is 18.1 Å². The van der Waals surface area contributed by atoms with Gasteiger partial charge in [0.1, 0.15) is 5.69 Å². The Kier molecular flexibility index (Phi) is 4.47. The van der Waals surface area contributed by atoms with Crippen molar-refractivity contribution in [3.63, 3.8) is 0 Å². The molecule has 0 spiro atoms. The number of hydrogen-bond acceptors (Lipinski definition) is 5. The lowest BCUT2D eigenvalue weighted by atomic mass is 10.0. The quantitative estimate of drug-likeness (QED) is 0.623. The number of anilines is 1. The number of rotatable bonds is 5. The Morgan fingerprint density at radius 2 is 2.00 bits per heavy atom. The van der Waals surface area contributed by atoms with Crippen molar-refractivity contribution >= 4 is 17.3 Å². The van der Waals surface area contributed by atoms with Gasteiger partial charge >= 0.3 is 0 Å². The van der Waals surface area contributed by atoms with Crippen LogP contribution in [0.1, 0.15) is 27.4 Å². The summed E-state index contributed by atoms with van der Waals surface area (Å²) < 4.78 is 5.27. The lowest BCUT2D eigenvalue weighted by molar-refractivity contribution is -0.384. The highest BCUT2D eigenvalue weighted by molar-refractivity contribution is 5.95. The Morgan fingerprint density at radius 3 is 2.79 bits per heavy atom. The minimum Gasteiger partial charge on any atom is -0.379 e. The zero-order valence-electron chi connectivity index (χ0n) is 16.0. The summed E-state index contributed by atoms with van der Waals surface area (Å²) in [6, 6.07) is 13.3. The van der Waals surface area contributed by atoms with Crippen LogP contribution >= 0.6 is 0 Å². The predicted molar refractivity (Wildman–Crippen MR) is 108 cm³/mol. The van der Waals surface area contributed by atoms with Gasteiger partial charge in [-0.2, -0.15) is 0 Å². The highest BCUT2D eigenvalue weighted by Gasteiger charge is 2.54. The topological polar surface area (TPSA) is 84.7 Å². The smallest absolute Gasteiger partial charge is 0.293 e. The molecule has 3 aliphatic rings. The maximum atomic E-state index is 12.6. The van der Waals surface area contributed by atoms with E-state index in [1.165, 1.54) is 17.2 Å². The van der Waals surface area contributed by atoms with Gasteiger partial charge in [-0.3, -0.25) is 14.9 Å². The van der Waals surface area contributed by atoms with E-state index in [0.717, 1.165) is 6.42 Å². The normalized spacial score (nSPS) is 24.6. The summed E-state index contributed by atoms with van der Waals surface area (Å²) in [5.74, 6) is 1.54. The second-order valence-electron chi connectivity index (χ2n) is 8.03. The predicted octanol–water partition coefficient (Wildman–Crippen LogP) is 3.07. The first-order valence-electron chi connectivity index (χ1n) is 10.1. The van der Waals surface area contributed by atoms with Gasteiger partial charge in [-0.15, -0.1) is 0 Å². The van der Waals surface area contributed by atoms with Crippen LogP contribution in [0.25, 0.3) is 0 Å². The fourth-order valence-electron chi connectivity index (χ4n) is 4.90. The summed E-state index contributed by atoms with van der Waals surface area (Å²) in [7, 11) is 0. The van der Waals surface area contributed by atoms with Crippen LogP contribution in [0.2, 0.25) is 0 Å². The third kappa shape index (κ3) is 3.25. The highest BCUT2D eigenvalue weighted by Crippen LogP contribution is 2.61. The van der Waals surface area contributed by atoms with E-state index in [-0.39, 0.29) is 11.6 Å². The van der Waals surface area contributed by atoms with Crippen LogP contribution in [0.3, 0.4) is 0 Å². The average Bonchev–Trinajstić information content (AvgIpc) is 3.29. The van der Waals surface area contributed by atoms with E-state index < -0.39 is 4.92 Å². The van der Waals surface area contributed by atoms with Gasteiger partial charge < -0.3 is 15.0 Å². The number of morpholine rings is 1. The van der Waals surface area contributed by atoms with Gasteiger partial charge in [0.2, 0.25) is 0 Å². The monoisotopic (exact) mass is 393 g/mol. The molecular formula is C22H23N3O4. The van der Waals surface area contributed by atoms with E-state index in [2.05, 4.69) is 29.6 Å². The molecule has 2 aliphatic carbocycles. The molecule has 1 amide bonds. The molecule has 2 aromatic carbocycles. The molecule has 0 radical (unpaired) electrons. The van der Waals surface area contributed by atoms with E-state index in [1.807, 2.05) is 0 Å². The molecule has 150 valence electrons. The Morgan fingerprint density at radius 1 is 1.21 bits per heavy atom. The summed E-state index contributed by atoms with van der Waals surface area (Å²) in [5, 5.41) is 14.9. The number of benzene rings is 2. The number of ether oxygens (including phenoxy) is 1. The number of nitrogens with zero attached hydrogens (tertiary/aromatic N) is 2. The van der Waals surface area contributed by atoms with Gasteiger partial charge in [-0.1, -0.05) is 24.3 Å². The van der Waals surface area contributed by atoms with Crippen LogP contribution in [-0.2, 0) is 11.2 Å². The Balaban J connectivity index is 1.28. The molecule has 1 heterocycles. The standard InChI is InChI=1S/C22H23N3O4/c26-22(24-7-9-29-10-8-24)15-5-6-19(20(12-15)25(27)28)23-13-18-17-11-14-3-1-2-4-16(14)21(17)18/h1-6,12,17-18,21,23H,7-11,13H2. The summed E-state index contributed by atoms with van der Waals surface area (Å²) >= 11 is 0. The lowest BCUT2D eigenvalue weighted by Crippen LogP contribution is -2.40. The van der Waals surface area contributed by atoms with Crippen LogP contribution in [0.5, 0.6) is 0 Å². The SMILES string of the molecule is O=C(c1ccc(NCC2C3Cc4ccccc4C23)c([N+](=O)[O-])c1)N1CCOCC1. The van der Waals surface area contributed by atoms with Crippen molar-refractivity contribution in [2.24, 2.45) is 11.8 Å².